The second-order valence-electron chi connectivity index (χ2n) is 5.42. The minimum Gasteiger partial charge on any atom is -0.455 e. The fourth-order valence-electron chi connectivity index (χ4n) is 2.66. The quantitative estimate of drug-likeness (QED) is 0.436. The van der Waals surface area contributed by atoms with Crippen LogP contribution in [-0.4, -0.2) is 5.78 Å². The summed E-state index contributed by atoms with van der Waals surface area (Å²) in [6.45, 7) is 1.58. The lowest BCUT2D eigenvalue weighted by Crippen LogP contribution is -1.97. The molecule has 0 unspecified atom stereocenters. The van der Waals surface area contributed by atoms with Crippen LogP contribution in [0.2, 0.25) is 0 Å². The standard InChI is InChI=1S/C20H14O2S/c1-13(21)14-9-11-15(12-10-14)16-5-4-7-18-20(16)23-19-8-3-2-6-17(19)22-18/h2-12H,1H3. The summed E-state index contributed by atoms with van der Waals surface area (Å²) in [5, 5.41) is 0. The van der Waals surface area contributed by atoms with E-state index in [4.69, 9.17) is 4.74 Å². The molecule has 4 rings (SSSR count). The Morgan fingerprint density at radius 1 is 0.870 bits per heavy atom. The number of hydrogen-bond acceptors (Lipinski definition) is 3. The van der Waals surface area contributed by atoms with Gasteiger partial charge in [-0.1, -0.05) is 60.3 Å². The highest BCUT2D eigenvalue weighted by atomic mass is 32.2. The van der Waals surface area contributed by atoms with E-state index in [1.807, 2.05) is 54.6 Å². The molecule has 0 spiro atoms. The van der Waals surface area contributed by atoms with E-state index < -0.39 is 0 Å². The van der Waals surface area contributed by atoms with Crippen molar-refractivity contribution in [3.05, 3.63) is 72.3 Å². The molecule has 0 amide bonds. The van der Waals surface area contributed by atoms with E-state index in [-0.39, 0.29) is 5.78 Å². The molecule has 0 atom stereocenters. The molecule has 0 fully saturated rings. The Morgan fingerprint density at radius 3 is 2.39 bits per heavy atom. The molecule has 1 aliphatic heterocycles. The number of fused-ring (bicyclic) bond motifs is 2. The summed E-state index contributed by atoms with van der Waals surface area (Å²) in [5.41, 5.74) is 2.94. The van der Waals surface area contributed by atoms with Crippen LogP contribution in [0.3, 0.4) is 0 Å². The van der Waals surface area contributed by atoms with E-state index in [2.05, 4.69) is 12.1 Å². The third-order valence-corrected chi connectivity index (χ3v) is 5.04. The van der Waals surface area contributed by atoms with Gasteiger partial charge in [0, 0.05) is 5.56 Å². The summed E-state index contributed by atoms with van der Waals surface area (Å²) in [5.74, 6) is 1.86. The summed E-state index contributed by atoms with van der Waals surface area (Å²) in [7, 11) is 0. The fourth-order valence-corrected chi connectivity index (χ4v) is 3.74. The maximum absolute atomic E-state index is 11.4. The topological polar surface area (TPSA) is 26.3 Å². The van der Waals surface area contributed by atoms with Crippen molar-refractivity contribution in [3.8, 4) is 22.6 Å². The normalized spacial score (nSPS) is 12.0. The first-order valence-electron chi connectivity index (χ1n) is 7.41. The zero-order chi connectivity index (χ0) is 15.8. The molecule has 0 aliphatic carbocycles. The molecule has 3 heteroatoms. The van der Waals surface area contributed by atoms with Crippen molar-refractivity contribution in [1.29, 1.82) is 0 Å². The molecule has 1 aliphatic rings. The van der Waals surface area contributed by atoms with Gasteiger partial charge in [0.1, 0.15) is 11.5 Å². The van der Waals surface area contributed by atoms with Crippen LogP contribution in [0.5, 0.6) is 11.5 Å². The van der Waals surface area contributed by atoms with Gasteiger partial charge in [0.15, 0.2) is 5.78 Å². The summed E-state index contributed by atoms with van der Waals surface area (Å²) < 4.78 is 6.03. The lowest BCUT2D eigenvalue weighted by Gasteiger charge is -2.21. The predicted octanol–water partition coefficient (Wildman–Crippen LogP) is 5.81. The van der Waals surface area contributed by atoms with Crippen LogP contribution >= 0.6 is 11.8 Å². The number of hydrogen-bond donors (Lipinski definition) is 0. The molecule has 0 saturated heterocycles. The maximum Gasteiger partial charge on any atom is 0.159 e. The number of carbonyl (C=O) groups is 1. The highest BCUT2D eigenvalue weighted by Crippen LogP contribution is 2.50. The van der Waals surface area contributed by atoms with E-state index in [0.717, 1.165) is 38.0 Å². The summed E-state index contributed by atoms with van der Waals surface area (Å²) >= 11 is 1.72. The average molecular weight is 318 g/mol. The number of rotatable bonds is 2. The molecule has 1 heterocycles. The molecule has 3 aromatic carbocycles. The Balaban J connectivity index is 1.79. The van der Waals surface area contributed by atoms with Gasteiger partial charge >= 0.3 is 0 Å². The van der Waals surface area contributed by atoms with Crippen LogP contribution in [0.15, 0.2) is 76.5 Å². The van der Waals surface area contributed by atoms with Crippen molar-refractivity contribution in [2.24, 2.45) is 0 Å². The molecule has 0 saturated carbocycles. The van der Waals surface area contributed by atoms with E-state index in [1.165, 1.54) is 0 Å². The third-order valence-electron chi connectivity index (χ3n) is 3.86. The lowest BCUT2D eigenvalue weighted by atomic mass is 10.0. The van der Waals surface area contributed by atoms with Gasteiger partial charge in [0.05, 0.1) is 9.79 Å². The van der Waals surface area contributed by atoms with Crippen molar-refractivity contribution >= 4 is 17.5 Å². The minimum absolute atomic E-state index is 0.0817. The molecule has 0 N–H and O–H groups in total. The van der Waals surface area contributed by atoms with Crippen LogP contribution in [0.4, 0.5) is 0 Å². The highest BCUT2D eigenvalue weighted by Gasteiger charge is 2.20. The highest BCUT2D eigenvalue weighted by molar-refractivity contribution is 7.99. The fraction of sp³-hybridized carbons (Fsp3) is 0.0500. The van der Waals surface area contributed by atoms with E-state index in [9.17, 15) is 4.79 Å². The van der Waals surface area contributed by atoms with Crippen LogP contribution in [0, 0.1) is 0 Å². The smallest absolute Gasteiger partial charge is 0.159 e. The second kappa shape index (κ2) is 5.60. The van der Waals surface area contributed by atoms with Gasteiger partial charge in [-0.3, -0.25) is 4.79 Å². The Morgan fingerprint density at radius 2 is 1.61 bits per heavy atom. The minimum atomic E-state index is 0.0817. The number of para-hydroxylation sites is 1. The van der Waals surface area contributed by atoms with Gasteiger partial charge in [-0.25, -0.2) is 0 Å². The molecular formula is C20H14O2S. The van der Waals surface area contributed by atoms with Crippen molar-refractivity contribution in [2.75, 3.05) is 0 Å². The lowest BCUT2D eigenvalue weighted by molar-refractivity contribution is 0.101. The number of carbonyl (C=O) groups excluding carboxylic acids is 1. The van der Waals surface area contributed by atoms with Crippen LogP contribution < -0.4 is 4.74 Å². The molecule has 0 bridgehead atoms. The molecule has 3 aromatic rings. The first kappa shape index (κ1) is 14.1. The molecule has 0 radical (unpaired) electrons. The maximum atomic E-state index is 11.4. The van der Waals surface area contributed by atoms with Crippen LogP contribution in [0.1, 0.15) is 17.3 Å². The zero-order valence-electron chi connectivity index (χ0n) is 12.6. The predicted molar refractivity (Wildman–Crippen MR) is 92.5 cm³/mol. The monoisotopic (exact) mass is 318 g/mol. The van der Waals surface area contributed by atoms with Crippen LogP contribution in [-0.2, 0) is 0 Å². The molecule has 112 valence electrons. The first-order valence-corrected chi connectivity index (χ1v) is 8.23. The summed E-state index contributed by atoms with van der Waals surface area (Å²) in [4.78, 5) is 13.7. The zero-order valence-corrected chi connectivity index (χ0v) is 13.4. The van der Waals surface area contributed by atoms with Gasteiger partial charge < -0.3 is 4.74 Å². The Labute approximate surface area is 139 Å². The van der Waals surface area contributed by atoms with Gasteiger partial charge in [0.2, 0.25) is 0 Å². The van der Waals surface area contributed by atoms with Crippen molar-refractivity contribution in [2.45, 2.75) is 16.7 Å². The number of ketones is 1. The van der Waals surface area contributed by atoms with E-state index >= 15 is 0 Å². The molecular weight excluding hydrogens is 304 g/mol. The number of ether oxygens (including phenoxy) is 1. The van der Waals surface area contributed by atoms with Crippen LogP contribution in [0.25, 0.3) is 11.1 Å². The Bertz CT molecular complexity index is 898. The molecule has 2 nitrogen and oxygen atoms in total. The van der Waals surface area contributed by atoms with Crippen molar-refractivity contribution in [3.63, 3.8) is 0 Å². The van der Waals surface area contributed by atoms with E-state index in [1.54, 1.807) is 18.7 Å². The number of Topliss-reactive ketones (excluding diaryl/α,β-unsaturated/α-hetero) is 1. The van der Waals surface area contributed by atoms with Crippen molar-refractivity contribution < 1.29 is 9.53 Å². The Kier molecular flexibility index (Phi) is 3.43. The van der Waals surface area contributed by atoms with Crippen molar-refractivity contribution in [1.82, 2.24) is 0 Å². The summed E-state index contributed by atoms with van der Waals surface area (Å²) in [6.07, 6.45) is 0. The largest absolute Gasteiger partial charge is 0.455 e. The number of benzene rings is 3. The molecule has 23 heavy (non-hydrogen) atoms. The van der Waals surface area contributed by atoms with E-state index in [0.29, 0.717) is 0 Å². The van der Waals surface area contributed by atoms with Gasteiger partial charge in [-0.05, 0) is 36.2 Å². The van der Waals surface area contributed by atoms with Gasteiger partial charge in [0.25, 0.3) is 0 Å². The second-order valence-corrected chi connectivity index (χ2v) is 6.47. The molecule has 0 aromatic heterocycles. The van der Waals surface area contributed by atoms with Gasteiger partial charge in [-0.15, -0.1) is 0 Å². The Hall–Kier alpha value is -2.52. The van der Waals surface area contributed by atoms with Gasteiger partial charge in [-0.2, -0.15) is 0 Å². The summed E-state index contributed by atoms with van der Waals surface area (Å²) in [6, 6.07) is 21.9. The first-order chi connectivity index (χ1) is 11.2. The average Bonchev–Trinajstić information content (AvgIpc) is 2.59. The third kappa shape index (κ3) is 2.53. The SMILES string of the molecule is CC(=O)c1ccc(-c2cccc3c2Sc2ccccc2O3)cc1.